The number of carbonyl (C=O) groups is 1. The summed E-state index contributed by atoms with van der Waals surface area (Å²) in [6.45, 7) is 10.8. The van der Waals surface area contributed by atoms with Crippen LogP contribution in [0.5, 0.6) is 0 Å². The maximum atomic E-state index is 12.0. The Morgan fingerprint density at radius 1 is 1.33 bits per heavy atom. The lowest BCUT2D eigenvalue weighted by atomic mass is 9.89. The monoisotopic (exact) mass is 214 g/mol. The molecule has 0 fully saturated rings. The first-order valence-electron chi connectivity index (χ1n) is 6.17. The molecular formula is C13H26O2. The molecule has 0 aromatic carbocycles. The Bertz CT molecular complexity index is 189. The van der Waals surface area contributed by atoms with Crippen LogP contribution in [0.4, 0.5) is 0 Å². The van der Waals surface area contributed by atoms with Crippen molar-refractivity contribution >= 4 is 5.78 Å². The minimum absolute atomic E-state index is 0.257. The largest absolute Gasteiger partial charge is 0.368 e. The average Bonchev–Trinajstić information content (AvgIpc) is 2.18. The van der Waals surface area contributed by atoms with Gasteiger partial charge in [0.15, 0.2) is 5.78 Å². The highest BCUT2D eigenvalue weighted by molar-refractivity contribution is 5.87. The van der Waals surface area contributed by atoms with Crippen molar-refractivity contribution < 1.29 is 9.53 Å². The molecule has 0 amide bonds. The second kappa shape index (κ2) is 7.00. The van der Waals surface area contributed by atoms with Crippen LogP contribution in [0.1, 0.15) is 60.3 Å². The molecule has 2 atom stereocenters. The summed E-state index contributed by atoms with van der Waals surface area (Å²) in [6.07, 6.45) is 3.68. The third kappa shape index (κ3) is 4.78. The Labute approximate surface area is 94.4 Å². The van der Waals surface area contributed by atoms with Crippen LogP contribution in [-0.2, 0) is 9.53 Å². The minimum Gasteiger partial charge on any atom is -0.368 e. The Balaban J connectivity index is 4.26. The second-order valence-electron chi connectivity index (χ2n) is 4.54. The second-order valence-corrected chi connectivity index (χ2v) is 4.54. The molecule has 0 aromatic heterocycles. The van der Waals surface area contributed by atoms with Gasteiger partial charge in [-0.25, -0.2) is 0 Å². The van der Waals surface area contributed by atoms with E-state index in [1.54, 1.807) is 0 Å². The number of carbonyl (C=O) groups excluding carboxylic acids is 1. The molecule has 0 aliphatic carbocycles. The van der Waals surface area contributed by atoms with Gasteiger partial charge in [0.1, 0.15) is 5.60 Å². The molecule has 0 saturated heterocycles. The molecule has 2 heteroatoms. The van der Waals surface area contributed by atoms with E-state index in [1.807, 2.05) is 20.8 Å². The van der Waals surface area contributed by atoms with Crippen LogP contribution in [0.25, 0.3) is 0 Å². The zero-order valence-corrected chi connectivity index (χ0v) is 10.9. The number of rotatable bonds is 8. The predicted molar refractivity (Wildman–Crippen MR) is 64.0 cm³/mol. The maximum absolute atomic E-state index is 12.0. The van der Waals surface area contributed by atoms with Crippen molar-refractivity contribution in [2.45, 2.75) is 65.9 Å². The fourth-order valence-corrected chi connectivity index (χ4v) is 1.83. The Morgan fingerprint density at radius 2 is 1.93 bits per heavy atom. The summed E-state index contributed by atoms with van der Waals surface area (Å²) >= 11 is 0. The molecule has 2 unspecified atom stereocenters. The van der Waals surface area contributed by atoms with Gasteiger partial charge in [0.2, 0.25) is 0 Å². The van der Waals surface area contributed by atoms with Gasteiger partial charge in [-0.1, -0.05) is 33.6 Å². The fraction of sp³-hybridized carbons (Fsp3) is 0.923. The summed E-state index contributed by atoms with van der Waals surface area (Å²) in [4.78, 5) is 12.0. The summed E-state index contributed by atoms with van der Waals surface area (Å²) in [5.74, 6) is 0.738. The maximum Gasteiger partial charge on any atom is 0.164 e. The zero-order chi connectivity index (χ0) is 11.9. The van der Waals surface area contributed by atoms with Crippen molar-refractivity contribution in [2.24, 2.45) is 5.92 Å². The van der Waals surface area contributed by atoms with Gasteiger partial charge in [-0.2, -0.15) is 0 Å². The van der Waals surface area contributed by atoms with Crippen molar-refractivity contribution in [2.75, 3.05) is 6.61 Å². The molecule has 0 spiro atoms. The lowest BCUT2D eigenvalue weighted by Crippen LogP contribution is -2.38. The van der Waals surface area contributed by atoms with Gasteiger partial charge < -0.3 is 4.74 Å². The third-order valence-corrected chi connectivity index (χ3v) is 3.04. The number of ketones is 1. The van der Waals surface area contributed by atoms with Crippen molar-refractivity contribution in [3.8, 4) is 0 Å². The van der Waals surface area contributed by atoms with Crippen LogP contribution in [0.15, 0.2) is 0 Å². The standard InChI is InChI=1S/C13H26O2/c1-6-9-11(4)10-12(14)13(5,7-2)15-8-3/h11H,6-10H2,1-5H3. The van der Waals surface area contributed by atoms with Gasteiger partial charge in [-0.15, -0.1) is 0 Å². The van der Waals surface area contributed by atoms with E-state index in [0.29, 0.717) is 18.9 Å². The Hall–Kier alpha value is -0.370. The zero-order valence-electron chi connectivity index (χ0n) is 10.9. The van der Waals surface area contributed by atoms with Crippen LogP contribution in [-0.4, -0.2) is 18.0 Å². The van der Waals surface area contributed by atoms with Crippen molar-refractivity contribution in [1.82, 2.24) is 0 Å². The summed E-state index contributed by atoms with van der Waals surface area (Å²) < 4.78 is 5.57. The molecule has 0 aliphatic rings. The molecule has 15 heavy (non-hydrogen) atoms. The van der Waals surface area contributed by atoms with Crippen LogP contribution in [0.3, 0.4) is 0 Å². The van der Waals surface area contributed by atoms with Crippen molar-refractivity contribution in [3.63, 3.8) is 0 Å². The van der Waals surface area contributed by atoms with Gasteiger partial charge >= 0.3 is 0 Å². The predicted octanol–water partition coefficient (Wildman–Crippen LogP) is 3.59. The van der Waals surface area contributed by atoms with Crippen LogP contribution in [0, 0.1) is 5.92 Å². The van der Waals surface area contributed by atoms with Crippen molar-refractivity contribution in [1.29, 1.82) is 0 Å². The minimum atomic E-state index is -0.559. The highest BCUT2D eigenvalue weighted by atomic mass is 16.5. The summed E-state index contributed by atoms with van der Waals surface area (Å²) in [5.41, 5.74) is -0.559. The number of Topliss-reactive ketones (excluding diaryl/α,β-unsaturated/α-hetero) is 1. The topological polar surface area (TPSA) is 26.3 Å². The molecule has 0 radical (unpaired) electrons. The van der Waals surface area contributed by atoms with Gasteiger partial charge in [-0.05, 0) is 26.2 Å². The quantitative estimate of drug-likeness (QED) is 0.617. The van der Waals surface area contributed by atoms with Gasteiger partial charge in [0, 0.05) is 13.0 Å². The Kier molecular flexibility index (Phi) is 6.82. The molecule has 2 nitrogen and oxygen atoms in total. The molecule has 0 aliphatic heterocycles. The van der Waals surface area contributed by atoms with E-state index in [1.165, 1.54) is 0 Å². The first kappa shape index (κ1) is 14.6. The van der Waals surface area contributed by atoms with Crippen molar-refractivity contribution in [3.05, 3.63) is 0 Å². The van der Waals surface area contributed by atoms with E-state index in [-0.39, 0.29) is 5.78 Å². The van der Waals surface area contributed by atoms with Gasteiger partial charge in [0.05, 0.1) is 0 Å². The van der Waals surface area contributed by atoms with E-state index in [2.05, 4.69) is 13.8 Å². The van der Waals surface area contributed by atoms with E-state index in [9.17, 15) is 4.79 Å². The molecule has 0 bridgehead atoms. The van der Waals surface area contributed by atoms with E-state index in [4.69, 9.17) is 4.74 Å². The summed E-state index contributed by atoms with van der Waals surface area (Å²) in [6, 6.07) is 0. The first-order chi connectivity index (χ1) is 7.00. The SMILES string of the molecule is CCCC(C)CC(=O)C(C)(CC)OCC. The average molecular weight is 214 g/mol. The molecular weight excluding hydrogens is 188 g/mol. The normalized spacial score (nSPS) is 17.1. The van der Waals surface area contributed by atoms with Crippen LogP contribution < -0.4 is 0 Å². The highest BCUT2D eigenvalue weighted by Crippen LogP contribution is 2.22. The highest BCUT2D eigenvalue weighted by Gasteiger charge is 2.31. The van der Waals surface area contributed by atoms with Gasteiger partial charge in [-0.3, -0.25) is 4.79 Å². The number of hydrogen-bond donors (Lipinski definition) is 0. The molecule has 0 saturated carbocycles. The Morgan fingerprint density at radius 3 is 2.33 bits per heavy atom. The smallest absolute Gasteiger partial charge is 0.164 e. The molecule has 0 rings (SSSR count). The lowest BCUT2D eigenvalue weighted by Gasteiger charge is -2.27. The summed E-state index contributed by atoms with van der Waals surface area (Å²) in [5, 5.41) is 0. The van der Waals surface area contributed by atoms with Crippen LogP contribution in [0.2, 0.25) is 0 Å². The number of hydrogen-bond acceptors (Lipinski definition) is 2. The van der Waals surface area contributed by atoms with E-state index >= 15 is 0 Å². The molecule has 90 valence electrons. The van der Waals surface area contributed by atoms with Gasteiger partial charge in [0.25, 0.3) is 0 Å². The first-order valence-corrected chi connectivity index (χ1v) is 6.17. The third-order valence-electron chi connectivity index (χ3n) is 3.04. The fourth-order valence-electron chi connectivity index (χ4n) is 1.83. The van der Waals surface area contributed by atoms with E-state index in [0.717, 1.165) is 19.3 Å². The lowest BCUT2D eigenvalue weighted by molar-refractivity contribution is -0.143. The molecule has 0 aromatic rings. The summed E-state index contributed by atoms with van der Waals surface area (Å²) in [7, 11) is 0. The van der Waals surface area contributed by atoms with Crippen LogP contribution >= 0.6 is 0 Å². The van der Waals surface area contributed by atoms with E-state index < -0.39 is 5.60 Å². The number of ether oxygens (including phenoxy) is 1. The molecule has 0 N–H and O–H groups in total. The molecule has 0 heterocycles.